The first-order valence-electron chi connectivity index (χ1n) is 6.23. The molecule has 0 saturated carbocycles. The van der Waals surface area contributed by atoms with E-state index in [0.29, 0.717) is 0 Å². The van der Waals surface area contributed by atoms with Crippen LogP contribution in [0, 0.1) is 0 Å². The van der Waals surface area contributed by atoms with Gasteiger partial charge in [-0.05, 0) is 33.0 Å². The molecule has 0 bridgehead atoms. The molecule has 5 heteroatoms. The Morgan fingerprint density at radius 1 is 1.19 bits per heavy atom. The molecule has 3 N–H and O–H groups in total. The Labute approximate surface area is 97.9 Å². The minimum Gasteiger partial charge on any atom is -0.379 e. The van der Waals surface area contributed by atoms with Crippen LogP contribution >= 0.6 is 0 Å². The van der Waals surface area contributed by atoms with Crippen LogP contribution < -0.4 is 11.2 Å². The Hall–Kier alpha value is -0.200. The summed E-state index contributed by atoms with van der Waals surface area (Å²) in [6.07, 6.45) is 2.27. The van der Waals surface area contributed by atoms with Gasteiger partial charge in [0, 0.05) is 25.2 Å². The van der Waals surface area contributed by atoms with Crippen molar-refractivity contribution in [2.75, 3.05) is 53.0 Å². The average molecular weight is 228 g/mol. The minimum atomic E-state index is 0.115. The Balaban J connectivity index is 1.88. The van der Waals surface area contributed by atoms with Gasteiger partial charge in [0.25, 0.3) is 0 Å². The van der Waals surface area contributed by atoms with E-state index in [2.05, 4.69) is 22.4 Å². The van der Waals surface area contributed by atoms with Gasteiger partial charge in [0.1, 0.15) is 0 Å². The van der Waals surface area contributed by atoms with Crippen LogP contribution in [0.25, 0.3) is 0 Å². The van der Waals surface area contributed by atoms with Gasteiger partial charge in [-0.2, -0.15) is 0 Å². The number of morpholine rings is 1. The van der Waals surface area contributed by atoms with E-state index >= 15 is 0 Å². The van der Waals surface area contributed by atoms with Crippen LogP contribution in [-0.4, -0.2) is 68.4 Å². The number of ether oxygens (including phenoxy) is 1. The lowest BCUT2D eigenvalue weighted by atomic mass is 9.88. The smallest absolute Gasteiger partial charge is 0.0608 e. The number of likely N-dealkylation sites (tertiary alicyclic amines) is 1. The van der Waals surface area contributed by atoms with Gasteiger partial charge in [0.05, 0.1) is 13.2 Å². The predicted molar refractivity (Wildman–Crippen MR) is 64.0 cm³/mol. The molecule has 0 aromatic heterocycles. The normalized spacial score (nSPS) is 28.1. The van der Waals surface area contributed by atoms with Crippen LogP contribution in [0.5, 0.6) is 0 Å². The molecule has 0 aromatic rings. The monoisotopic (exact) mass is 228 g/mol. The molecule has 2 rings (SSSR count). The maximum Gasteiger partial charge on any atom is 0.0608 e. The van der Waals surface area contributed by atoms with Crippen molar-refractivity contribution in [2.24, 2.45) is 5.73 Å². The van der Waals surface area contributed by atoms with Crippen LogP contribution in [0.3, 0.4) is 0 Å². The van der Waals surface area contributed by atoms with E-state index in [9.17, 15) is 0 Å². The summed E-state index contributed by atoms with van der Waals surface area (Å²) >= 11 is 0. The van der Waals surface area contributed by atoms with Gasteiger partial charge in [-0.15, -0.1) is 0 Å². The molecule has 94 valence electrons. The fourth-order valence-electron chi connectivity index (χ4n) is 2.42. The van der Waals surface area contributed by atoms with Gasteiger partial charge in [-0.25, -0.2) is 10.4 Å². The molecule has 16 heavy (non-hydrogen) atoms. The number of nitrogens with two attached hydrogens (primary N) is 1. The maximum absolute atomic E-state index is 5.96. The number of piperidine rings is 1. The van der Waals surface area contributed by atoms with Crippen LogP contribution in [-0.2, 0) is 4.74 Å². The van der Waals surface area contributed by atoms with Gasteiger partial charge >= 0.3 is 0 Å². The summed E-state index contributed by atoms with van der Waals surface area (Å²) in [4.78, 5) is 2.37. The van der Waals surface area contributed by atoms with Gasteiger partial charge in [0.15, 0.2) is 0 Å². The van der Waals surface area contributed by atoms with Gasteiger partial charge in [0.2, 0.25) is 0 Å². The molecule has 2 aliphatic rings. The topological polar surface area (TPSA) is 53.8 Å². The Bertz CT molecular complexity index is 210. The van der Waals surface area contributed by atoms with Crippen molar-refractivity contribution in [3.8, 4) is 0 Å². The molecule has 0 unspecified atom stereocenters. The average Bonchev–Trinajstić information content (AvgIpc) is 2.34. The number of nitrogens with zero attached hydrogens (tertiary/aromatic N) is 2. The van der Waals surface area contributed by atoms with Gasteiger partial charge < -0.3 is 15.4 Å². The molecule has 0 aliphatic carbocycles. The fraction of sp³-hybridized carbons (Fsp3) is 1.00. The zero-order chi connectivity index (χ0) is 11.4. The molecule has 2 fully saturated rings. The lowest BCUT2D eigenvalue weighted by Crippen LogP contribution is -2.63. The first-order chi connectivity index (χ1) is 7.74. The summed E-state index contributed by atoms with van der Waals surface area (Å²) in [5.41, 5.74) is 9.72. The van der Waals surface area contributed by atoms with E-state index in [-0.39, 0.29) is 5.54 Å². The third-order valence-electron chi connectivity index (χ3n) is 3.74. The van der Waals surface area contributed by atoms with Crippen LogP contribution in [0.1, 0.15) is 12.8 Å². The minimum absolute atomic E-state index is 0.115. The highest BCUT2D eigenvalue weighted by Gasteiger charge is 2.34. The molecule has 2 saturated heterocycles. The molecule has 0 amide bonds. The maximum atomic E-state index is 5.96. The van der Waals surface area contributed by atoms with Crippen molar-refractivity contribution in [3.63, 3.8) is 0 Å². The van der Waals surface area contributed by atoms with Crippen molar-refractivity contribution >= 4 is 0 Å². The van der Waals surface area contributed by atoms with E-state index in [0.717, 1.165) is 58.8 Å². The Morgan fingerprint density at radius 2 is 1.81 bits per heavy atom. The Morgan fingerprint density at radius 3 is 2.38 bits per heavy atom. The molecule has 0 atom stereocenters. The third-order valence-corrected chi connectivity index (χ3v) is 3.74. The summed E-state index contributed by atoms with van der Waals surface area (Å²) < 4.78 is 5.35. The summed E-state index contributed by atoms with van der Waals surface area (Å²) in [5.74, 6) is 0. The zero-order valence-corrected chi connectivity index (χ0v) is 10.2. The van der Waals surface area contributed by atoms with Crippen molar-refractivity contribution < 1.29 is 4.74 Å². The number of nitrogens with one attached hydrogen (secondary N) is 1. The lowest BCUT2D eigenvalue weighted by molar-refractivity contribution is -0.0228. The molecule has 2 heterocycles. The molecular weight excluding hydrogens is 204 g/mol. The molecule has 5 nitrogen and oxygen atoms in total. The fourth-order valence-corrected chi connectivity index (χ4v) is 2.42. The van der Waals surface area contributed by atoms with E-state index in [4.69, 9.17) is 10.5 Å². The number of hydrogen-bond acceptors (Lipinski definition) is 5. The van der Waals surface area contributed by atoms with E-state index in [1.807, 2.05) is 0 Å². The summed E-state index contributed by atoms with van der Waals surface area (Å²) in [6.45, 7) is 6.58. The first-order valence-corrected chi connectivity index (χ1v) is 6.23. The molecule has 0 radical (unpaired) electrons. The second kappa shape index (κ2) is 5.42. The number of rotatable bonds is 3. The molecular formula is C11H24N4O. The molecule has 2 aliphatic heterocycles. The molecule has 0 aromatic carbocycles. The second-order valence-corrected chi connectivity index (χ2v) is 5.00. The largest absolute Gasteiger partial charge is 0.379 e. The number of hydrazine groups is 1. The second-order valence-electron chi connectivity index (χ2n) is 5.00. The molecule has 0 spiro atoms. The lowest BCUT2D eigenvalue weighted by Gasteiger charge is -2.44. The highest BCUT2D eigenvalue weighted by molar-refractivity contribution is 4.93. The predicted octanol–water partition coefficient (Wildman–Crippen LogP) is -0.754. The van der Waals surface area contributed by atoms with Crippen molar-refractivity contribution in [3.05, 3.63) is 0 Å². The highest BCUT2D eigenvalue weighted by atomic mass is 16.5. The standard InChI is InChI=1S/C11H24N4O/c1-14-4-2-11(10-12,3-5-14)13-15-6-8-16-9-7-15/h13H,2-10,12H2,1H3. The summed E-state index contributed by atoms with van der Waals surface area (Å²) in [5, 5.41) is 2.28. The summed E-state index contributed by atoms with van der Waals surface area (Å²) in [6, 6.07) is 0. The first kappa shape index (κ1) is 12.3. The van der Waals surface area contributed by atoms with Crippen LogP contribution in [0.15, 0.2) is 0 Å². The van der Waals surface area contributed by atoms with Crippen LogP contribution in [0.4, 0.5) is 0 Å². The van der Waals surface area contributed by atoms with E-state index < -0.39 is 0 Å². The van der Waals surface area contributed by atoms with Gasteiger partial charge in [-0.3, -0.25) is 0 Å². The van der Waals surface area contributed by atoms with E-state index in [1.54, 1.807) is 0 Å². The SMILES string of the molecule is CN1CCC(CN)(NN2CCOCC2)CC1. The van der Waals surface area contributed by atoms with Gasteiger partial charge in [-0.1, -0.05) is 0 Å². The van der Waals surface area contributed by atoms with Crippen molar-refractivity contribution in [2.45, 2.75) is 18.4 Å². The zero-order valence-electron chi connectivity index (χ0n) is 10.2. The Kier molecular flexibility index (Phi) is 4.16. The highest BCUT2D eigenvalue weighted by Crippen LogP contribution is 2.21. The van der Waals surface area contributed by atoms with Crippen LogP contribution in [0.2, 0.25) is 0 Å². The number of hydrogen-bond donors (Lipinski definition) is 2. The quantitative estimate of drug-likeness (QED) is 0.665. The van der Waals surface area contributed by atoms with E-state index in [1.165, 1.54) is 0 Å². The third kappa shape index (κ3) is 2.93. The van der Waals surface area contributed by atoms with Crippen molar-refractivity contribution in [1.29, 1.82) is 0 Å². The van der Waals surface area contributed by atoms with Crippen molar-refractivity contribution in [1.82, 2.24) is 15.3 Å². The summed E-state index contributed by atoms with van der Waals surface area (Å²) in [7, 11) is 2.18.